The molecular formula is C15H18FN. The van der Waals surface area contributed by atoms with Crippen molar-refractivity contribution < 1.29 is 4.39 Å². The van der Waals surface area contributed by atoms with E-state index in [1.54, 1.807) is 19.2 Å². The Bertz CT molecular complexity index is 473. The predicted octanol–water partition coefficient (Wildman–Crippen LogP) is 4.84. The summed E-state index contributed by atoms with van der Waals surface area (Å²) in [6.07, 6.45) is 3.38. The Morgan fingerprint density at radius 2 is 2.00 bits per heavy atom. The molecule has 2 heteroatoms. The van der Waals surface area contributed by atoms with Gasteiger partial charge in [-0.05, 0) is 62.1 Å². The molecule has 17 heavy (non-hydrogen) atoms. The minimum atomic E-state index is -0.283. The van der Waals surface area contributed by atoms with Crippen LogP contribution in [0.15, 0.2) is 35.4 Å². The minimum Gasteiger partial charge on any atom is -0.258 e. The summed E-state index contributed by atoms with van der Waals surface area (Å²) in [4.78, 5) is 4.03. The zero-order chi connectivity index (χ0) is 13.0. The summed E-state index contributed by atoms with van der Waals surface area (Å²) >= 11 is 0. The molecule has 0 bridgehead atoms. The van der Waals surface area contributed by atoms with Gasteiger partial charge in [0, 0.05) is 6.21 Å². The molecule has 1 rings (SSSR count). The molecule has 0 N–H and O–H groups in total. The molecule has 1 nitrogen and oxygen atoms in total. The van der Waals surface area contributed by atoms with Crippen molar-refractivity contribution in [3.63, 3.8) is 0 Å². The lowest BCUT2D eigenvalue weighted by Crippen LogP contribution is -1.89. The van der Waals surface area contributed by atoms with E-state index >= 15 is 0 Å². The van der Waals surface area contributed by atoms with Crippen LogP contribution in [-0.2, 0) is 0 Å². The lowest BCUT2D eigenvalue weighted by atomic mass is 9.99. The van der Waals surface area contributed by atoms with Gasteiger partial charge in [0.25, 0.3) is 0 Å². The van der Waals surface area contributed by atoms with Crippen LogP contribution in [0.25, 0.3) is 5.57 Å². The zero-order valence-corrected chi connectivity index (χ0v) is 10.8. The molecule has 0 amide bonds. The van der Waals surface area contributed by atoms with Crippen LogP contribution in [0.1, 0.15) is 31.9 Å². The van der Waals surface area contributed by atoms with E-state index in [1.165, 1.54) is 6.07 Å². The van der Waals surface area contributed by atoms with Crippen molar-refractivity contribution in [2.45, 2.75) is 27.7 Å². The van der Waals surface area contributed by atoms with Crippen LogP contribution in [0, 0.1) is 12.7 Å². The van der Waals surface area contributed by atoms with Crippen molar-refractivity contribution in [2.75, 3.05) is 0 Å². The van der Waals surface area contributed by atoms with E-state index in [1.807, 2.05) is 26.8 Å². The maximum absolute atomic E-state index is 13.9. The summed E-state index contributed by atoms with van der Waals surface area (Å²) in [7, 11) is 0. The molecule has 0 saturated heterocycles. The molecule has 0 aromatic heterocycles. The van der Waals surface area contributed by atoms with E-state index < -0.39 is 0 Å². The van der Waals surface area contributed by atoms with Crippen molar-refractivity contribution in [3.8, 4) is 0 Å². The van der Waals surface area contributed by atoms with Crippen molar-refractivity contribution in [2.24, 2.45) is 4.99 Å². The van der Waals surface area contributed by atoms with Crippen molar-refractivity contribution >= 4 is 17.5 Å². The maximum Gasteiger partial charge on any atom is 0.149 e. The Kier molecular flexibility index (Phi) is 4.38. The lowest BCUT2D eigenvalue weighted by Gasteiger charge is -2.09. The number of allylic oxidation sites excluding steroid dienone is 3. The highest BCUT2D eigenvalue weighted by Gasteiger charge is 2.08. The van der Waals surface area contributed by atoms with Gasteiger partial charge in [0.2, 0.25) is 0 Å². The third kappa shape index (κ3) is 2.90. The normalized spacial score (nSPS) is 12.8. The Morgan fingerprint density at radius 3 is 2.47 bits per heavy atom. The first-order chi connectivity index (χ1) is 8.01. The van der Waals surface area contributed by atoms with Gasteiger partial charge in [-0.2, -0.15) is 0 Å². The standard InChI is InChI=1S/C15H18FN/c1-6-10(3)12(5)13-8-11(4)15(17-7-2)14(16)9-13/h6-9H,1H2,2-5H3/b12-10+,17-7?. The number of nitrogens with zero attached hydrogens (tertiary/aromatic N) is 1. The van der Waals surface area contributed by atoms with Crippen LogP contribution in [0.2, 0.25) is 0 Å². The van der Waals surface area contributed by atoms with Gasteiger partial charge in [0.1, 0.15) is 11.5 Å². The summed E-state index contributed by atoms with van der Waals surface area (Å²) in [5.74, 6) is -0.283. The monoisotopic (exact) mass is 231 g/mol. The number of benzene rings is 1. The molecule has 0 aliphatic carbocycles. The average Bonchev–Trinajstić information content (AvgIpc) is 2.31. The molecule has 1 aromatic rings. The van der Waals surface area contributed by atoms with Crippen LogP contribution in [-0.4, -0.2) is 6.21 Å². The Balaban J connectivity index is 3.38. The van der Waals surface area contributed by atoms with Crippen LogP contribution in [0.3, 0.4) is 0 Å². The van der Waals surface area contributed by atoms with E-state index in [9.17, 15) is 4.39 Å². The van der Waals surface area contributed by atoms with Crippen molar-refractivity contribution in [3.05, 3.63) is 47.3 Å². The average molecular weight is 231 g/mol. The Labute approximate surface area is 102 Å². The zero-order valence-electron chi connectivity index (χ0n) is 10.8. The topological polar surface area (TPSA) is 12.4 Å². The summed E-state index contributed by atoms with van der Waals surface area (Å²) in [6.45, 7) is 11.3. The number of halogens is 1. The molecule has 0 spiro atoms. The Morgan fingerprint density at radius 1 is 1.35 bits per heavy atom. The Hall–Kier alpha value is -1.70. The number of aliphatic imine (C=N–C) groups is 1. The quantitative estimate of drug-likeness (QED) is 0.521. The van der Waals surface area contributed by atoms with Gasteiger partial charge in [0.15, 0.2) is 0 Å². The highest BCUT2D eigenvalue weighted by Crippen LogP contribution is 2.28. The van der Waals surface area contributed by atoms with E-state index in [-0.39, 0.29) is 5.82 Å². The minimum absolute atomic E-state index is 0.283. The maximum atomic E-state index is 13.9. The second-order valence-corrected chi connectivity index (χ2v) is 4.02. The molecule has 0 heterocycles. The van der Waals surface area contributed by atoms with E-state index in [4.69, 9.17) is 0 Å². The molecule has 0 aliphatic heterocycles. The SMILES string of the molecule is C=C/C(C)=C(\C)c1cc(C)c(N=CC)c(F)c1. The van der Waals surface area contributed by atoms with Crippen LogP contribution < -0.4 is 0 Å². The highest BCUT2D eigenvalue weighted by molar-refractivity contribution is 5.72. The number of rotatable bonds is 3. The van der Waals surface area contributed by atoms with E-state index in [0.29, 0.717) is 5.69 Å². The fraction of sp³-hybridized carbons (Fsp3) is 0.267. The van der Waals surface area contributed by atoms with Gasteiger partial charge in [-0.1, -0.05) is 12.7 Å². The van der Waals surface area contributed by atoms with Crippen LogP contribution >= 0.6 is 0 Å². The predicted molar refractivity (Wildman–Crippen MR) is 73.4 cm³/mol. The molecular weight excluding hydrogens is 213 g/mol. The first kappa shape index (κ1) is 13.4. The first-order valence-electron chi connectivity index (χ1n) is 5.60. The fourth-order valence-corrected chi connectivity index (χ4v) is 1.63. The summed E-state index contributed by atoms with van der Waals surface area (Å²) in [6, 6.07) is 3.48. The van der Waals surface area contributed by atoms with Crippen LogP contribution in [0.5, 0.6) is 0 Å². The molecule has 90 valence electrons. The number of aryl methyl sites for hydroxylation is 1. The van der Waals surface area contributed by atoms with Gasteiger partial charge in [-0.25, -0.2) is 4.39 Å². The van der Waals surface area contributed by atoms with Gasteiger partial charge >= 0.3 is 0 Å². The van der Waals surface area contributed by atoms with Gasteiger partial charge in [-0.3, -0.25) is 4.99 Å². The molecule has 0 aliphatic rings. The van der Waals surface area contributed by atoms with Crippen molar-refractivity contribution in [1.29, 1.82) is 0 Å². The number of hydrogen-bond donors (Lipinski definition) is 0. The first-order valence-corrected chi connectivity index (χ1v) is 5.60. The molecule has 0 atom stereocenters. The molecule has 0 radical (unpaired) electrons. The largest absolute Gasteiger partial charge is 0.258 e. The van der Waals surface area contributed by atoms with Gasteiger partial charge in [0.05, 0.1) is 0 Å². The van der Waals surface area contributed by atoms with Gasteiger partial charge < -0.3 is 0 Å². The van der Waals surface area contributed by atoms with Crippen molar-refractivity contribution in [1.82, 2.24) is 0 Å². The highest BCUT2D eigenvalue weighted by atomic mass is 19.1. The summed E-state index contributed by atoms with van der Waals surface area (Å²) in [5.41, 5.74) is 4.23. The third-order valence-electron chi connectivity index (χ3n) is 2.84. The molecule has 1 aromatic carbocycles. The fourth-order valence-electron chi connectivity index (χ4n) is 1.63. The van der Waals surface area contributed by atoms with E-state index in [2.05, 4.69) is 11.6 Å². The second kappa shape index (κ2) is 5.58. The summed E-state index contributed by atoms with van der Waals surface area (Å²) < 4.78 is 13.9. The van der Waals surface area contributed by atoms with E-state index in [0.717, 1.165) is 22.3 Å². The van der Waals surface area contributed by atoms with Crippen LogP contribution in [0.4, 0.5) is 10.1 Å². The number of hydrogen-bond acceptors (Lipinski definition) is 1. The second-order valence-electron chi connectivity index (χ2n) is 4.02. The lowest BCUT2D eigenvalue weighted by molar-refractivity contribution is 0.628. The smallest absolute Gasteiger partial charge is 0.149 e. The third-order valence-corrected chi connectivity index (χ3v) is 2.84. The van der Waals surface area contributed by atoms with Gasteiger partial charge in [-0.15, -0.1) is 0 Å². The molecule has 0 unspecified atom stereocenters. The summed E-state index contributed by atoms with van der Waals surface area (Å²) in [5, 5.41) is 0. The molecule has 0 fully saturated rings. The molecule has 0 saturated carbocycles.